The van der Waals surface area contributed by atoms with Crippen molar-refractivity contribution in [1.82, 2.24) is 24.9 Å². The lowest BCUT2D eigenvalue weighted by atomic mass is 10.1. The van der Waals surface area contributed by atoms with Crippen LogP contribution in [0.15, 0.2) is 67.1 Å². The third kappa shape index (κ3) is 4.00. The fraction of sp³-hybridized carbons (Fsp3) is 0.250. The molecule has 6 heteroatoms. The zero-order chi connectivity index (χ0) is 21.1. The van der Waals surface area contributed by atoms with Crippen LogP contribution in [0.2, 0.25) is 0 Å². The molecule has 4 aromatic rings. The van der Waals surface area contributed by atoms with Gasteiger partial charge in [-0.25, -0.2) is 9.36 Å². The quantitative estimate of drug-likeness (QED) is 0.494. The van der Waals surface area contributed by atoms with Gasteiger partial charge in [-0.2, -0.15) is 10.2 Å². The number of methoxy groups -OCH3 is 1. The van der Waals surface area contributed by atoms with Gasteiger partial charge in [0, 0.05) is 36.2 Å². The second-order valence-electron chi connectivity index (χ2n) is 7.48. The number of nitrogens with zero attached hydrogens (tertiary/aromatic N) is 4. The van der Waals surface area contributed by atoms with E-state index >= 15 is 0 Å². The van der Waals surface area contributed by atoms with Crippen LogP contribution in [0.3, 0.4) is 0 Å². The number of benzene rings is 2. The lowest BCUT2D eigenvalue weighted by Gasteiger charge is -2.17. The predicted octanol–water partition coefficient (Wildman–Crippen LogP) is 4.53. The van der Waals surface area contributed by atoms with Gasteiger partial charge in [0.05, 0.1) is 24.7 Å². The average molecular weight is 402 g/mol. The number of nitrogens with one attached hydrogen (secondary N) is 1. The van der Waals surface area contributed by atoms with Crippen molar-refractivity contribution in [3.05, 3.63) is 89.5 Å². The van der Waals surface area contributed by atoms with Gasteiger partial charge in [0.15, 0.2) is 0 Å². The highest BCUT2D eigenvalue weighted by Crippen LogP contribution is 2.23. The first-order valence-corrected chi connectivity index (χ1v) is 10.1. The van der Waals surface area contributed by atoms with Crippen LogP contribution >= 0.6 is 0 Å². The van der Waals surface area contributed by atoms with Crippen LogP contribution < -0.4 is 10.1 Å². The minimum absolute atomic E-state index is 0.156. The summed E-state index contributed by atoms with van der Waals surface area (Å²) in [6.45, 7) is 7.13. The van der Waals surface area contributed by atoms with E-state index in [4.69, 9.17) is 4.74 Å². The lowest BCUT2D eigenvalue weighted by molar-refractivity contribution is 0.414. The summed E-state index contributed by atoms with van der Waals surface area (Å²) >= 11 is 0. The summed E-state index contributed by atoms with van der Waals surface area (Å²) in [4.78, 5) is 0. The van der Waals surface area contributed by atoms with Crippen molar-refractivity contribution in [2.24, 2.45) is 0 Å². The largest absolute Gasteiger partial charge is 0.497 e. The Balaban J connectivity index is 1.52. The Labute approximate surface area is 177 Å². The highest BCUT2D eigenvalue weighted by molar-refractivity contribution is 5.43. The SMILES string of the molecule is COc1ccc(-n2ncc(C(C)NCc3cc(C)ccc3-n3cccn3)c2C)cc1. The molecule has 6 nitrogen and oxygen atoms in total. The van der Waals surface area contributed by atoms with E-state index in [-0.39, 0.29) is 6.04 Å². The fourth-order valence-corrected chi connectivity index (χ4v) is 3.69. The first-order chi connectivity index (χ1) is 14.6. The molecule has 2 aromatic carbocycles. The number of aromatic nitrogens is 4. The highest BCUT2D eigenvalue weighted by atomic mass is 16.5. The molecule has 0 saturated carbocycles. The van der Waals surface area contributed by atoms with Gasteiger partial charge in [0.1, 0.15) is 5.75 Å². The van der Waals surface area contributed by atoms with Gasteiger partial charge in [-0.1, -0.05) is 17.7 Å². The molecule has 0 saturated heterocycles. The number of hydrogen-bond donors (Lipinski definition) is 1. The van der Waals surface area contributed by atoms with Crippen LogP contribution in [0.25, 0.3) is 11.4 Å². The first kappa shape index (κ1) is 19.9. The van der Waals surface area contributed by atoms with Gasteiger partial charge in [-0.15, -0.1) is 0 Å². The third-order valence-corrected chi connectivity index (χ3v) is 5.42. The molecular formula is C24H27N5O. The Morgan fingerprint density at radius 3 is 2.57 bits per heavy atom. The van der Waals surface area contributed by atoms with Crippen molar-refractivity contribution in [2.75, 3.05) is 7.11 Å². The van der Waals surface area contributed by atoms with Gasteiger partial charge >= 0.3 is 0 Å². The second kappa shape index (κ2) is 8.55. The molecule has 1 atom stereocenters. The Morgan fingerprint density at radius 1 is 1.07 bits per heavy atom. The zero-order valence-corrected chi connectivity index (χ0v) is 17.8. The van der Waals surface area contributed by atoms with Crippen molar-refractivity contribution >= 4 is 0 Å². The number of aryl methyl sites for hydroxylation is 1. The standard InChI is InChI=1S/C24H27N5O/c1-17-6-11-24(28-13-5-12-26-28)20(14-17)15-25-18(2)23-16-27-29(19(23)3)21-7-9-22(30-4)10-8-21/h5-14,16,18,25H,15H2,1-4H3. The average Bonchev–Trinajstić information content (AvgIpc) is 3.42. The maximum Gasteiger partial charge on any atom is 0.119 e. The smallest absolute Gasteiger partial charge is 0.119 e. The Bertz CT molecular complexity index is 1110. The maximum atomic E-state index is 5.25. The van der Waals surface area contributed by atoms with Gasteiger partial charge in [0.25, 0.3) is 0 Å². The van der Waals surface area contributed by atoms with Crippen molar-refractivity contribution in [2.45, 2.75) is 33.4 Å². The molecule has 1 unspecified atom stereocenters. The molecule has 2 aromatic heterocycles. The molecule has 0 fully saturated rings. The molecule has 0 bridgehead atoms. The molecule has 2 heterocycles. The summed E-state index contributed by atoms with van der Waals surface area (Å²) in [5, 5.41) is 12.7. The summed E-state index contributed by atoms with van der Waals surface area (Å²) in [6.07, 6.45) is 5.72. The van der Waals surface area contributed by atoms with Gasteiger partial charge in [0.2, 0.25) is 0 Å². The van der Waals surface area contributed by atoms with Gasteiger partial charge < -0.3 is 10.1 Å². The molecule has 154 valence electrons. The van der Waals surface area contributed by atoms with E-state index in [1.165, 1.54) is 16.7 Å². The lowest BCUT2D eigenvalue weighted by Crippen LogP contribution is -2.20. The monoisotopic (exact) mass is 401 g/mol. The van der Waals surface area contributed by atoms with E-state index in [0.29, 0.717) is 0 Å². The van der Waals surface area contributed by atoms with E-state index in [0.717, 1.165) is 29.4 Å². The minimum Gasteiger partial charge on any atom is -0.497 e. The van der Waals surface area contributed by atoms with Crippen LogP contribution in [-0.2, 0) is 6.54 Å². The molecule has 0 spiro atoms. The molecule has 0 amide bonds. The summed E-state index contributed by atoms with van der Waals surface area (Å²) in [6, 6.07) is 16.5. The molecule has 30 heavy (non-hydrogen) atoms. The molecule has 0 aliphatic heterocycles. The predicted molar refractivity (Wildman–Crippen MR) is 118 cm³/mol. The Kier molecular flexibility index (Phi) is 5.68. The second-order valence-corrected chi connectivity index (χ2v) is 7.48. The molecule has 4 rings (SSSR count). The van der Waals surface area contributed by atoms with Crippen molar-refractivity contribution < 1.29 is 4.74 Å². The first-order valence-electron chi connectivity index (χ1n) is 10.1. The molecule has 0 aliphatic carbocycles. The van der Waals surface area contributed by atoms with E-state index in [1.54, 1.807) is 13.3 Å². The number of ether oxygens (including phenoxy) is 1. The summed E-state index contributed by atoms with van der Waals surface area (Å²) < 4.78 is 9.13. The fourth-order valence-electron chi connectivity index (χ4n) is 3.69. The molecule has 0 aliphatic rings. The Morgan fingerprint density at radius 2 is 1.87 bits per heavy atom. The number of hydrogen-bond acceptors (Lipinski definition) is 4. The third-order valence-electron chi connectivity index (χ3n) is 5.42. The van der Waals surface area contributed by atoms with E-state index in [9.17, 15) is 0 Å². The van der Waals surface area contributed by atoms with E-state index < -0.39 is 0 Å². The minimum atomic E-state index is 0.156. The summed E-state index contributed by atoms with van der Waals surface area (Å²) in [5.74, 6) is 0.838. The Hall–Kier alpha value is -3.38. The van der Waals surface area contributed by atoms with Crippen molar-refractivity contribution in [1.29, 1.82) is 0 Å². The number of rotatable bonds is 7. The van der Waals surface area contributed by atoms with Crippen LogP contribution in [0.4, 0.5) is 0 Å². The topological polar surface area (TPSA) is 56.9 Å². The zero-order valence-electron chi connectivity index (χ0n) is 17.8. The van der Waals surface area contributed by atoms with Gasteiger partial charge in [-0.05, 0) is 62.7 Å². The normalized spacial score (nSPS) is 12.1. The summed E-state index contributed by atoms with van der Waals surface area (Å²) in [7, 11) is 1.67. The van der Waals surface area contributed by atoms with E-state index in [1.807, 2.05) is 52.1 Å². The van der Waals surface area contributed by atoms with Gasteiger partial charge in [-0.3, -0.25) is 0 Å². The summed E-state index contributed by atoms with van der Waals surface area (Å²) in [5.41, 5.74) is 6.86. The van der Waals surface area contributed by atoms with Crippen LogP contribution in [0, 0.1) is 13.8 Å². The highest BCUT2D eigenvalue weighted by Gasteiger charge is 2.15. The van der Waals surface area contributed by atoms with Crippen molar-refractivity contribution in [3.63, 3.8) is 0 Å². The molecular weight excluding hydrogens is 374 g/mol. The van der Waals surface area contributed by atoms with Crippen LogP contribution in [0.5, 0.6) is 5.75 Å². The van der Waals surface area contributed by atoms with E-state index in [2.05, 4.69) is 54.5 Å². The maximum absolute atomic E-state index is 5.25. The van der Waals surface area contributed by atoms with Crippen LogP contribution in [-0.4, -0.2) is 26.7 Å². The van der Waals surface area contributed by atoms with Crippen molar-refractivity contribution in [3.8, 4) is 17.1 Å². The molecule has 1 N–H and O–H groups in total. The van der Waals surface area contributed by atoms with Crippen LogP contribution in [0.1, 0.15) is 35.3 Å². The molecule has 0 radical (unpaired) electrons.